The fourth-order valence-electron chi connectivity index (χ4n) is 2.51. The van der Waals surface area contributed by atoms with Gasteiger partial charge in [0.2, 0.25) is 0 Å². The predicted molar refractivity (Wildman–Crippen MR) is 123 cm³/mol. The summed E-state index contributed by atoms with van der Waals surface area (Å²) in [6, 6.07) is 21.7. The summed E-state index contributed by atoms with van der Waals surface area (Å²) in [6.45, 7) is 0. The van der Waals surface area contributed by atoms with Gasteiger partial charge in [-0.1, -0.05) is 12.1 Å². The van der Waals surface area contributed by atoms with Crippen molar-refractivity contribution < 1.29 is 14.3 Å². The number of hydrogen-bond acceptors (Lipinski definition) is 4. The molecule has 0 saturated heterocycles. The van der Waals surface area contributed by atoms with Crippen molar-refractivity contribution in [3.8, 4) is 11.5 Å². The highest BCUT2D eigenvalue weighted by Gasteiger charge is 2.12. The third-order valence-electron chi connectivity index (χ3n) is 4.18. The van der Waals surface area contributed by atoms with Crippen molar-refractivity contribution >= 4 is 50.6 Å². The van der Waals surface area contributed by atoms with Gasteiger partial charge in [-0.15, -0.1) is 0 Å². The molecule has 0 aliphatic rings. The minimum absolute atomic E-state index is 0.207. The molecule has 1 amide bonds. The number of halogens is 1. The maximum Gasteiger partial charge on any atom is 0.269 e. The van der Waals surface area contributed by atoms with E-state index in [9.17, 15) is 4.79 Å². The number of nitrogens with one attached hydrogen (secondary N) is 1. The van der Waals surface area contributed by atoms with Gasteiger partial charge in [0.05, 0.1) is 12.8 Å². The number of carbonyl (C=O) groups excluding carboxylic acids is 1. The minimum Gasteiger partial charge on any atom is -0.497 e. The summed E-state index contributed by atoms with van der Waals surface area (Å²) in [5, 5.41) is 3.16. The van der Waals surface area contributed by atoms with Crippen LogP contribution in [0.3, 0.4) is 0 Å². The zero-order chi connectivity index (χ0) is 20.8. The van der Waals surface area contributed by atoms with Crippen molar-refractivity contribution in [2.45, 2.75) is 0 Å². The Morgan fingerprint density at radius 1 is 0.966 bits per heavy atom. The Balaban J connectivity index is 1.62. The second-order valence-electron chi connectivity index (χ2n) is 6.08. The smallest absolute Gasteiger partial charge is 0.269 e. The zero-order valence-electron chi connectivity index (χ0n) is 15.9. The molecule has 5 nitrogen and oxygen atoms in total. The average Bonchev–Trinajstić information content (AvgIpc) is 2.75. The SMILES string of the molecule is COc1ccc(N(C)C(=S)Oc2ccc(C(=O)Nc3ccccc3Br)cc2)cc1. The number of para-hydroxylation sites is 1. The highest BCUT2D eigenvalue weighted by molar-refractivity contribution is 9.10. The van der Waals surface area contributed by atoms with Gasteiger partial charge in [-0.2, -0.15) is 0 Å². The van der Waals surface area contributed by atoms with Crippen LogP contribution in [0.1, 0.15) is 10.4 Å². The topological polar surface area (TPSA) is 50.8 Å². The van der Waals surface area contributed by atoms with Gasteiger partial charge in [0.15, 0.2) is 0 Å². The monoisotopic (exact) mass is 470 g/mol. The molecule has 0 bridgehead atoms. The van der Waals surface area contributed by atoms with E-state index in [-0.39, 0.29) is 5.91 Å². The highest BCUT2D eigenvalue weighted by atomic mass is 79.9. The molecule has 0 aliphatic heterocycles. The number of anilines is 2. The van der Waals surface area contributed by atoms with E-state index in [0.29, 0.717) is 22.2 Å². The number of ether oxygens (including phenoxy) is 2. The van der Waals surface area contributed by atoms with Crippen molar-refractivity contribution in [2.75, 3.05) is 24.4 Å². The number of methoxy groups -OCH3 is 1. The van der Waals surface area contributed by atoms with Crippen LogP contribution >= 0.6 is 28.1 Å². The van der Waals surface area contributed by atoms with Crippen LogP contribution in [0.5, 0.6) is 11.5 Å². The van der Waals surface area contributed by atoms with Crippen molar-refractivity contribution in [3.63, 3.8) is 0 Å². The standard InChI is InChI=1S/C22H19BrN2O3S/c1-25(16-9-13-17(27-2)14-10-16)22(29)28-18-11-7-15(8-12-18)21(26)24-20-6-4-3-5-19(20)23/h3-14H,1-2H3,(H,24,26). The Kier molecular flexibility index (Phi) is 6.85. The third-order valence-corrected chi connectivity index (χ3v) is 5.23. The molecule has 0 spiro atoms. The van der Waals surface area contributed by atoms with Crippen LogP contribution in [0.2, 0.25) is 0 Å². The molecule has 1 N–H and O–H groups in total. The van der Waals surface area contributed by atoms with Gasteiger partial charge < -0.3 is 19.7 Å². The van der Waals surface area contributed by atoms with Crippen molar-refractivity contribution in [1.82, 2.24) is 0 Å². The molecular formula is C22H19BrN2O3S. The van der Waals surface area contributed by atoms with Gasteiger partial charge in [0, 0.05) is 22.8 Å². The lowest BCUT2D eigenvalue weighted by molar-refractivity contribution is 0.102. The molecule has 0 unspecified atom stereocenters. The zero-order valence-corrected chi connectivity index (χ0v) is 18.3. The largest absolute Gasteiger partial charge is 0.497 e. The van der Waals surface area contributed by atoms with E-state index < -0.39 is 0 Å². The van der Waals surface area contributed by atoms with Crippen molar-refractivity contribution in [1.29, 1.82) is 0 Å². The Morgan fingerprint density at radius 2 is 1.59 bits per heavy atom. The Bertz CT molecular complexity index is 1010. The molecule has 3 aromatic rings. The summed E-state index contributed by atoms with van der Waals surface area (Å²) >= 11 is 8.79. The van der Waals surface area contributed by atoms with E-state index in [1.54, 1.807) is 36.3 Å². The lowest BCUT2D eigenvalue weighted by Crippen LogP contribution is -2.29. The maximum atomic E-state index is 12.4. The van der Waals surface area contributed by atoms with Crippen LogP contribution in [0.25, 0.3) is 0 Å². The first-order chi connectivity index (χ1) is 14.0. The Hall–Kier alpha value is -2.90. The number of hydrogen-bond donors (Lipinski definition) is 1. The molecule has 148 valence electrons. The van der Waals surface area contributed by atoms with Crippen molar-refractivity contribution in [2.24, 2.45) is 0 Å². The quantitative estimate of drug-likeness (QED) is 0.498. The summed E-state index contributed by atoms with van der Waals surface area (Å²) in [7, 11) is 3.44. The van der Waals surface area contributed by atoms with Crippen LogP contribution in [0, 0.1) is 0 Å². The van der Waals surface area contributed by atoms with Gasteiger partial charge in [0.25, 0.3) is 11.1 Å². The lowest BCUT2D eigenvalue weighted by atomic mass is 10.2. The highest BCUT2D eigenvalue weighted by Crippen LogP contribution is 2.23. The van der Waals surface area contributed by atoms with Gasteiger partial charge in [-0.25, -0.2) is 0 Å². The molecular weight excluding hydrogens is 452 g/mol. The maximum absolute atomic E-state index is 12.4. The first-order valence-corrected chi connectivity index (χ1v) is 9.93. The van der Waals surface area contributed by atoms with E-state index in [4.69, 9.17) is 21.7 Å². The number of thiocarbonyl (C=S) groups is 1. The lowest BCUT2D eigenvalue weighted by Gasteiger charge is -2.20. The molecule has 3 rings (SSSR count). The van der Waals surface area contributed by atoms with E-state index >= 15 is 0 Å². The second-order valence-corrected chi connectivity index (χ2v) is 7.29. The Labute approximate surface area is 183 Å². The molecule has 0 fully saturated rings. The number of benzene rings is 3. The van der Waals surface area contributed by atoms with Crippen molar-refractivity contribution in [3.05, 3.63) is 82.8 Å². The van der Waals surface area contributed by atoms with Gasteiger partial charge in [-0.05, 0) is 88.8 Å². The number of rotatable bonds is 5. The normalized spacial score (nSPS) is 10.2. The summed E-state index contributed by atoms with van der Waals surface area (Å²) in [5.74, 6) is 1.11. The van der Waals surface area contributed by atoms with Crippen LogP contribution in [-0.2, 0) is 0 Å². The first-order valence-electron chi connectivity index (χ1n) is 8.73. The first kappa shape index (κ1) is 20.8. The molecule has 0 heterocycles. The van der Waals surface area contributed by atoms with Crippen LogP contribution in [-0.4, -0.2) is 25.2 Å². The summed E-state index contributed by atoms with van der Waals surface area (Å²) in [6.07, 6.45) is 0. The molecule has 0 aliphatic carbocycles. The van der Waals surface area contributed by atoms with Crippen LogP contribution in [0.4, 0.5) is 11.4 Å². The molecule has 7 heteroatoms. The summed E-state index contributed by atoms with van der Waals surface area (Å²) < 4.78 is 11.7. The van der Waals surface area contributed by atoms with Crippen LogP contribution in [0.15, 0.2) is 77.3 Å². The second kappa shape index (κ2) is 9.54. The summed E-state index contributed by atoms with van der Waals surface area (Å²) in [4.78, 5) is 14.2. The van der Waals surface area contributed by atoms with Gasteiger partial charge >= 0.3 is 0 Å². The van der Waals surface area contributed by atoms with E-state index in [1.165, 1.54) is 0 Å². The molecule has 0 saturated carbocycles. The number of carbonyl (C=O) groups is 1. The number of nitrogens with zero attached hydrogens (tertiary/aromatic N) is 1. The predicted octanol–water partition coefficient (Wildman–Crippen LogP) is 5.51. The fraction of sp³-hybridized carbons (Fsp3) is 0.0909. The summed E-state index contributed by atoms with van der Waals surface area (Å²) in [5.41, 5.74) is 2.10. The fourth-order valence-corrected chi connectivity index (χ4v) is 3.10. The molecule has 0 aromatic heterocycles. The molecule has 3 aromatic carbocycles. The van der Waals surface area contributed by atoms with Gasteiger partial charge in [0.1, 0.15) is 11.5 Å². The Morgan fingerprint density at radius 3 is 2.21 bits per heavy atom. The molecule has 0 radical (unpaired) electrons. The van der Waals surface area contributed by atoms with Crippen LogP contribution < -0.4 is 19.7 Å². The van der Waals surface area contributed by atoms with E-state index in [1.807, 2.05) is 55.6 Å². The number of amides is 1. The molecule has 0 atom stereocenters. The van der Waals surface area contributed by atoms with Gasteiger partial charge in [-0.3, -0.25) is 4.79 Å². The minimum atomic E-state index is -0.207. The average molecular weight is 471 g/mol. The van der Waals surface area contributed by atoms with E-state index in [0.717, 1.165) is 15.9 Å². The van der Waals surface area contributed by atoms with E-state index in [2.05, 4.69) is 21.2 Å². The third kappa shape index (κ3) is 5.34. The molecule has 29 heavy (non-hydrogen) atoms.